The maximum atomic E-state index is 12.3. The predicted octanol–water partition coefficient (Wildman–Crippen LogP) is 4.93. The molecule has 0 amide bonds. The highest BCUT2D eigenvalue weighted by molar-refractivity contribution is 9.10. The highest BCUT2D eigenvalue weighted by atomic mass is 79.9. The molecule has 1 fully saturated rings. The van der Waals surface area contributed by atoms with Gasteiger partial charge in [-0.05, 0) is 42.5 Å². The van der Waals surface area contributed by atoms with E-state index in [4.69, 9.17) is 5.73 Å². The standard InChI is InChI=1S/C14H17BrF3NO/c15-11-6-10(7-12(8-11)20-14(16,17)18)13(19)9-4-2-1-3-5-9/h6-9,13H,1-5,19H2/t13-/m1/s1. The summed E-state index contributed by atoms with van der Waals surface area (Å²) in [6, 6.07) is 4.20. The molecular weight excluding hydrogens is 335 g/mol. The maximum absolute atomic E-state index is 12.3. The van der Waals surface area contributed by atoms with Crippen LogP contribution in [0.25, 0.3) is 0 Å². The lowest BCUT2D eigenvalue weighted by atomic mass is 9.81. The van der Waals surface area contributed by atoms with Gasteiger partial charge in [0.2, 0.25) is 0 Å². The average molecular weight is 352 g/mol. The number of hydrogen-bond donors (Lipinski definition) is 1. The fourth-order valence-corrected chi connectivity index (χ4v) is 3.22. The van der Waals surface area contributed by atoms with Crippen LogP contribution in [-0.4, -0.2) is 6.36 Å². The minimum atomic E-state index is -4.69. The van der Waals surface area contributed by atoms with Crippen molar-refractivity contribution in [3.05, 3.63) is 28.2 Å². The Morgan fingerprint density at radius 1 is 1.15 bits per heavy atom. The fourth-order valence-electron chi connectivity index (χ4n) is 2.73. The minimum absolute atomic E-state index is 0.229. The number of ether oxygens (including phenoxy) is 1. The van der Waals surface area contributed by atoms with Gasteiger partial charge in [0.1, 0.15) is 5.75 Å². The molecule has 112 valence electrons. The zero-order valence-electron chi connectivity index (χ0n) is 10.9. The van der Waals surface area contributed by atoms with Gasteiger partial charge >= 0.3 is 6.36 Å². The van der Waals surface area contributed by atoms with Gasteiger partial charge in [-0.2, -0.15) is 0 Å². The van der Waals surface area contributed by atoms with Gasteiger partial charge < -0.3 is 10.5 Å². The van der Waals surface area contributed by atoms with Gasteiger partial charge in [0, 0.05) is 10.5 Å². The Hall–Kier alpha value is -0.750. The largest absolute Gasteiger partial charge is 0.573 e. The molecule has 1 aromatic rings. The highest BCUT2D eigenvalue weighted by Crippen LogP contribution is 2.36. The van der Waals surface area contributed by atoms with Crippen LogP contribution in [0, 0.1) is 5.92 Å². The van der Waals surface area contributed by atoms with Crippen LogP contribution in [0.2, 0.25) is 0 Å². The summed E-state index contributed by atoms with van der Waals surface area (Å²) >= 11 is 3.21. The Morgan fingerprint density at radius 3 is 2.40 bits per heavy atom. The van der Waals surface area contributed by atoms with Crippen LogP contribution in [-0.2, 0) is 0 Å². The van der Waals surface area contributed by atoms with Gasteiger partial charge in [0.05, 0.1) is 0 Å². The lowest BCUT2D eigenvalue weighted by Gasteiger charge is -2.28. The first-order valence-electron chi connectivity index (χ1n) is 6.67. The van der Waals surface area contributed by atoms with E-state index in [1.807, 2.05) is 0 Å². The number of rotatable bonds is 3. The van der Waals surface area contributed by atoms with E-state index in [9.17, 15) is 13.2 Å². The van der Waals surface area contributed by atoms with Gasteiger partial charge in [-0.1, -0.05) is 35.2 Å². The molecule has 2 nitrogen and oxygen atoms in total. The van der Waals surface area contributed by atoms with E-state index >= 15 is 0 Å². The van der Waals surface area contributed by atoms with Crippen LogP contribution < -0.4 is 10.5 Å². The molecule has 0 spiro atoms. The SMILES string of the molecule is N[C@@H](c1cc(Br)cc(OC(F)(F)F)c1)C1CCCCC1. The summed E-state index contributed by atoms with van der Waals surface area (Å²) in [5, 5.41) is 0. The van der Waals surface area contributed by atoms with Crippen LogP contribution in [0.5, 0.6) is 5.75 Å². The number of nitrogens with two attached hydrogens (primary N) is 1. The molecule has 1 atom stereocenters. The van der Waals surface area contributed by atoms with E-state index < -0.39 is 6.36 Å². The van der Waals surface area contributed by atoms with Crippen molar-refractivity contribution in [1.82, 2.24) is 0 Å². The Bertz CT molecular complexity index is 458. The topological polar surface area (TPSA) is 35.2 Å². The molecule has 20 heavy (non-hydrogen) atoms. The molecule has 1 saturated carbocycles. The quantitative estimate of drug-likeness (QED) is 0.837. The predicted molar refractivity (Wildman–Crippen MR) is 74.3 cm³/mol. The molecular formula is C14H17BrF3NO. The molecule has 0 radical (unpaired) electrons. The second kappa shape index (κ2) is 6.35. The number of alkyl halides is 3. The number of halogens is 4. The summed E-state index contributed by atoms with van der Waals surface area (Å²) in [6.45, 7) is 0. The van der Waals surface area contributed by atoms with Crippen molar-refractivity contribution in [2.45, 2.75) is 44.5 Å². The summed E-state index contributed by atoms with van der Waals surface area (Å²) in [6.07, 6.45) is 0.861. The van der Waals surface area contributed by atoms with E-state index in [0.717, 1.165) is 25.7 Å². The van der Waals surface area contributed by atoms with Crippen LogP contribution in [0.4, 0.5) is 13.2 Å². The normalized spacial score (nSPS) is 18.9. The van der Waals surface area contributed by atoms with Gasteiger partial charge in [-0.25, -0.2) is 0 Å². The lowest BCUT2D eigenvalue weighted by Crippen LogP contribution is -2.24. The summed E-state index contributed by atoms with van der Waals surface area (Å²) < 4.78 is 41.4. The zero-order valence-corrected chi connectivity index (χ0v) is 12.5. The third-order valence-electron chi connectivity index (χ3n) is 3.67. The van der Waals surface area contributed by atoms with E-state index in [2.05, 4.69) is 20.7 Å². The highest BCUT2D eigenvalue weighted by Gasteiger charge is 2.31. The lowest BCUT2D eigenvalue weighted by molar-refractivity contribution is -0.274. The molecule has 0 saturated heterocycles. The van der Waals surface area contributed by atoms with Gasteiger partial charge in [-0.15, -0.1) is 13.2 Å². The molecule has 0 aromatic heterocycles. The maximum Gasteiger partial charge on any atom is 0.573 e. The summed E-state index contributed by atoms with van der Waals surface area (Å²) in [5.41, 5.74) is 6.90. The number of hydrogen-bond acceptors (Lipinski definition) is 2. The first kappa shape index (κ1) is 15.6. The van der Waals surface area contributed by atoms with Crippen LogP contribution in [0.15, 0.2) is 22.7 Å². The van der Waals surface area contributed by atoms with Crippen molar-refractivity contribution in [3.8, 4) is 5.75 Å². The molecule has 0 heterocycles. The van der Waals surface area contributed by atoms with E-state index in [1.165, 1.54) is 18.6 Å². The first-order valence-corrected chi connectivity index (χ1v) is 7.46. The fraction of sp³-hybridized carbons (Fsp3) is 0.571. The van der Waals surface area contributed by atoms with Crippen LogP contribution in [0.1, 0.15) is 43.7 Å². The van der Waals surface area contributed by atoms with Crippen molar-refractivity contribution in [2.24, 2.45) is 11.7 Å². The Balaban J connectivity index is 2.18. The average Bonchev–Trinajstić information content (AvgIpc) is 2.36. The summed E-state index contributed by atoms with van der Waals surface area (Å²) in [7, 11) is 0. The molecule has 1 aliphatic carbocycles. The minimum Gasteiger partial charge on any atom is -0.406 e. The van der Waals surface area contributed by atoms with Crippen LogP contribution >= 0.6 is 15.9 Å². The van der Waals surface area contributed by atoms with Gasteiger partial charge in [0.25, 0.3) is 0 Å². The Morgan fingerprint density at radius 2 is 1.80 bits per heavy atom. The molecule has 1 aromatic carbocycles. The Labute approximate surface area is 124 Å². The van der Waals surface area contributed by atoms with E-state index in [1.54, 1.807) is 6.07 Å². The van der Waals surface area contributed by atoms with Gasteiger partial charge in [-0.3, -0.25) is 0 Å². The molecule has 2 rings (SSSR count). The molecule has 1 aliphatic rings. The van der Waals surface area contributed by atoms with Crippen LogP contribution in [0.3, 0.4) is 0 Å². The molecule has 2 N–H and O–H groups in total. The summed E-state index contributed by atoms with van der Waals surface area (Å²) in [5.74, 6) is 0.102. The zero-order chi connectivity index (χ0) is 14.8. The van der Waals surface area contributed by atoms with E-state index in [0.29, 0.717) is 16.0 Å². The van der Waals surface area contributed by atoms with E-state index in [-0.39, 0.29) is 11.8 Å². The van der Waals surface area contributed by atoms with Crippen molar-refractivity contribution >= 4 is 15.9 Å². The van der Waals surface area contributed by atoms with Crippen molar-refractivity contribution in [3.63, 3.8) is 0 Å². The van der Waals surface area contributed by atoms with Crippen molar-refractivity contribution < 1.29 is 17.9 Å². The summed E-state index contributed by atoms with van der Waals surface area (Å²) in [4.78, 5) is 0. The third-order valence-corrected chi connectivity index (χ3v) is 4.13. The molecule has 0 bridgehead atoms. The van der Waals surface area contributed by atoms with Gasteiger partial charge in [0.15, 0.2) is 0 Å². The smallest absolute Gasteiger partial charge is 0.406 e. The third kappa shape index (κ3) is 4.38. The number of benzene rings is 1. The first-order chi connectivity index (χ1) is 9.35. The second-order valence-electron chi connectivity index (χ2n) is 5.19. The van der Waals surface area contributed by atoms with Crippen molar-refractivity contribution in [1.29, 1.82) is 0 Å². The molecule has 6 heteroatoms. The molecule has 0 unspecified atom stereocenters. The molecule has 0 aliphatic heterocycles. The second-order valence-corrected chi connectivity index (χ2v) is 6.11. The monoisotopic (exact) mass is 351 g/mol. The van der Waals surface area contributed by atoms with Crippen molar-refractivity contribution in [2.75, 3.05) is 0 Å². The Kier molecular flexibility index (Phi) is 4.96.